The largest absolute Gasteiger partial charge is 0.504 e. The third-order valence-corrected chi connectivity index (χ3v) is 4.92. The molecule has 1 aliphatic rings. The molecule has 4 nitrogen and oxygen atoms in total. The van der Waals surface area contributed by atoms with Crippen LogP contribution in [0.2, 0.25) is 0 Å². The van der Waals surface area contributed by atoms with E-state index in [-0.39, 0.29) is 11.8 Å². The summed E-state index contributed by atoms with van der Waals surface area (Å²) in [5, 5.41) is 17.5. The maximum atomic E-state index is 10.5. The third kappa shape index (κ3) is 3.51. The lowest BCUT2D eigenvalue weighted by Crippen LogP contribution is -2.19. The molecular formula is C23H22N2O2. The van der Waals surface area contributed by atoms with Gasteiger partial charge in [-0.25, -0.2) is 0 Å². The number of ether oxygens (including phenoxy) is 1. The zero-order valence-electron chi connectivity index (χ0n) is 15.2. The lowest BCUT2D eigenvalue weighted by atomic mass is 9.98. The van der Waals surface area contributed by atoms with E-state index in [4.69, 9.17) is 9.84 Å². The Morgan fingerprint density at radius 1 is 0.963 bits per heavy atom. The van der Waals surface area contributed by atoms with Gasteiger partial charge in [0.15, 0.2) is 11.5 Å². The van der Waals surface area contributed by atoms with Crippen molar-refractivity contribution in [3.63, 3.8) is 0 Å². The smallest absolute Gasteiger partial charge is 0.162 e. The quantitative estimate of drug-likeness (QED) is 0.716. The number of rotatable bonds is 5. The van der Waals surface area contributed by atoms with Gasteiger partial charge in [0.1, 0.15) is 0 Å². The van der Waals surface area contributed by atoms with Crippen LogP contribution >= 0.6 is 0 Å². The molecule has 4 heteroatoms. The van der Waals surface area contributed by atoms with Crippen molar-refractivity contribution in [2.45, 2.75) is 19.0 Å². The third-order valence-electron chi connectivity index (χ3n) is 4.92. The highest BCUT2D eigenvalue weighted by atomic mass is 16.5. The fourth-order valence-electron chi connectivity index (χ4n) is 3.51. The Balaban J connectivity index is 1.69. The van der Waals surface area contributed by atoms with Gasteiger partial charge in [0.2, 0.25) is 0 Å². The predicted octanol–water partition coefficient (Wildman–Crippen LogP) is 4.75. The molecule has 0 aromatic heterocycles. The van der Waals surface area contributed by atoms with Gasteiger partial charge in [-0.1, -0.05) is 72.8 Å². The number of hydrazone groups is 1. The predicted molar refractivity (Wildman–Crippen MR) is 107 cm³/mol. The first kappa shape index (κ1) is 17.2. The van der Waals surface area contributed by atoms with Gasteiger partial charge in [-0.05, 0) is 17.2 Å². The van der Waals surface area contributed by atoms with E-state index in [1.807, 2.05) is 36.4 Å². The Morgan fingerprint density at radius 2 is 1.67 bits per heavy atom. The normalized spacial score (nSPS) is 16.3. The van der Waals surface area contributed by atoms with E-state index in [2.05, 4.69) is 41.4 Å². The fourth-order valence-corrected chi connectivity index (χ4v) is 3.51. The molecule has 27 heavy (non-hydrogen) atoms. The number of para-hydroxylation sites is 1. The van der Waals surface area contributed by atoms with Crippen LogP contribution in [0, 0.1) is 0 Å². The van der Waals surface area contributed by atoms with E-state index >= 15 is 0 Å². The molecule has 136 valence electrons. The summed E-state index contributed by atoms with van der Waals surface area (Å²) >= 11 is 0. The first-order valence-electron chi connectivity index (χ1n) is 9.05. The Bertz CT molecular complexity index is 939. The molecule has 0 fully saturated rings. The molecule has 0 spiro atoms. The van der Waals surface area contributed by atoms with E-state index in [9.17, 15) is 5.11 Å². The van der Waals surface area contributed by atoms with E-state index in [0.29, 0.717) is 12.3 Å². The molecule has 1 unspecified atom stereocenters. The van der Waals surface area contributed by atoms with Crippen molar-refractivity contribution in [2.24, 2.45) is 5.10 Å². The molecule has 1 N–H and O–H groups in total. The average molecular weight is 358 g/mol. The Labute approximate surface area is 159 Å². The topological polar surface area (TPSA) is 45.1 Å². The van der Waals surface area contributed by atoms with Crippen molar-refractivity contribution in [2.75, 3.05) is 7.11 Å². The molecule has 0 amide bonds. The maximum absolute atomic E-state index is 10.5. The summed E-state index contributed by atoms with van der Waals surface area (Å²) < 4.78 is 5.25. The molecule has 1 atom stereocenters. The second-order valence-electron chi connectivity index (χ2n) is 6.61. The van der Waals surface area contributed by atoms with Crippen LogP contribution in [0.25, 0.3) is 0 Å². The van der Waals surface area contributed by atoms with E-state index in [1.165, 1.54) is 5.56 Å². The molecule has 3 aromatic rings. The summed E-state index contributed by atoms with van der Waals surface area (Å²) in [6.45, 7) is 0.513. The molecule has 1 heterocycles. The lowest BCUT2D eigenvalue weighted by molar-refractivity contribution is 0.220. The maximum Gasteiger partial charge on any atom is 0.162 e. The zero-order valence-corrected chi connectivity index (χ0v) is 15.2. The average Bonchev–Trinajstić information content (AvgIpc) is 3.15. The van der Waals surface area contributed by atoms with E-state index < -0.39 is 0 Å². The summed E-state index contributed by atoms with van der Waals surface area (Å²) in [5.41, 5.74) is 4.21. The summed E-state index contributed by atoms with van der Waals surface area (Å²) in [6, 6.07) is 26.4. The summed E-state index contributed by atoms with van der Waals surface area (Å²) in [7, 11) is 1.56. The fraction of sp³-hybridized carbons (Fsp3) is 0.174. The highest BCUT2D eigenvalue weighted by Gasteiger charge is 2.29. The van der Waals surface area contributed by atoms with E-state index in [1.54, 1.807) is 13.2 Å². The van der Waals surface area contributed by atoms with Crippen molar-refractivity contribution in [3.8, 4) is 11.5 Å². The van der Waals surface area contributed by atoms with Crippen LogP contribution < -0.4 is 4.74 Å². The molecule has 0 saturated heterocycles. The van der Waals surface area contributed by atoms with Crippen LogP contribution in [0.15, 0.2) is 84.0 Å². The van der Waals surface area contributed by atoms with E-state index in [0.717, 1.165) is 23.3 Å². The van der Waals surface area contributed by atoms with Crippen molar-refractivity contribution in [1.82, 2.24) is 5.01 Å². The highest BCUT2D eigenvalue weighted by Crippen LogP contribution is 2.37. The van der Waals surface area contributed by atoms with Crippen molar-refractivity contribution < 1.29 is 9.84 Å². The number of hydrogen-bond acceptors (Lipinski definition) is 4. The molecule has 4 rings (SSSR count). The minimum absolute atomic E-state index is 0.131. The highest BCUT2D eigenvalue weighted by molar-refractivity contribution is 6.01. The summed E-state index contributed by atoms with van der Waals surface area (Å²) in [4.78, 5) is 0. The monoisotopic (exact) mass is 358 g/mol. The van der Waals surface area contributed by atoms with Crippen LogP contribution in [0.1, 0.15) is 29.2 Å². The number of phenols is 1. The summed E-state index contributed by atoms with van der Waals surface area (Å²) in [5.74, 6) is 0.658. The molecule has 3 aromatic carbocycles. The Hall–Kier alpha value is -3.27. The van der Waals surface area contributed by atoms with Crippen molar-refractivity contribution >= 4 is 5.71 Å². The van der Waals surface area contributed by atoms with Crippen molar-refractivity contribution in [1.29, 1.82) is 0 Å². The molecule has 0 saturated carbocycles. The van der Waals surface area contributed by atoms with Crippen LogP contribution in [-0.4, -0.2) is 22.9 Å². The minimum Gasteiger partial charge on any atom is -0.504 e. The van der Waals surface area contributed by atoms with Gasteiger partial charge in [0.25, 0.3) is 0 Å². The zero-order chi connectivity index (χ0) is 18.6. The Kier molecular flexibility index (Phi) is 4.79. The number of aromatic hydroxyl groups is 1. The SMILES string of the molecule is COc1cccc(CN2N=C(c3ccccc3)CC2c2ccccc2)c1O. The number of methoxy groups -OCH3 is 1. The Morgan fingerprint density at radius 3 is 2.37 bits per heavy atom. The second kappa shape index (κ2) is 7.54. The van der Waals surface area contributed by atoms with Gasteiger partial charge in [-0.2, -0.15) is 5.10 Å². The van der Waals surface area contributed by atoms with Crippen molar-refractivity contribution in [3.05, 3.63) is 95.6 Å². The van der Waals surface area contributed by atoms with Gasteiger partial charge < -0.3 is 9.84 Å². The minimum atomic E-state index is 0.131. The lowest BCUT2D eigenvalue weighted by Gasteiger charge is -2.24. The first-order chi connectivity index (χ1) is 13.3. The van der Waals surface area contributed by atoms with Gasteiger partial charge >= 0.3 is 0 Å². The van der Waals surface area contributed by atoms with Gasteiger partial charge in [-0.15, -0.1) is 0 Å². The van der Waals surface area contributed by atoms with Crippen LogP contribution in [0.4, 0.5) is 0 Å². The molecule has 1 aliphatic heterocycles. The summed E-state index contributed by atoms with van der Waals surface area (Å²) in [6.07, 6.45) is 0.832. The molecule has 0 radical (unpaired) electrons. The molecule has 0 aliphatic carbocycles. The van der Waals surface area contributed by atoms with Gasteiger partial charge in [-0.3, -0.25) is 5.01 Å². The number of nitrogens with zero attached hydrogens (tertiary/aromatic N) is 2. The van der Waals surface area contributed by atoms with Crippen LogP contribution in [-0.2, 0) is 6.54 Å². The van der Waals surface area contributed by atoms with Gasteiger partial charge in [0, 0.05) is 12.0 Å². The van der Waals surface area contributed by atoms with Crippen LogP contribution in [0.3, 0.4) is 0 Å². The molecule has 0 bridgehead atoms. The standard InChI is InChI=1S/C23H22N2O2/c1-27-22-14-8-13-19(23(22)26)16-25-21(18-11-6-3-7-12-18)15-20(24-25)17-9-4-2-5-10-17/h2-14,21,26H,15-16H2,1H3. The number of phenolic OH excluding ortho intramolecular Hbond substituents is 1. The second-order valence-corrected chi connectivity index (χ2v) is 6.61. The van der Waals surface area contributed by atoms with Gasteiger partial charge in [0.05, 0.1) is 25.4 Å². The van der Waals surface area contributed by atoms with Crippen LogP contribution in [0.5, 0.6) is 11.5 Å². The molecular weight excluding hydrogens is 336 g/mol. The number of benzene rings is 3. The number of hydrogen-bond donors (Lipinski definition) is 1. The first-order valence-corrected chi connectivity index (χ1v) is 9.05.